The standard InChI is InChI=1S/C13H26N2/c1-4-7-14-10-13(3)11-15-8-5-12(2)6-9-15/h5,13-14H,4,6-11H2,1-3H3. The van der Waals surface area contributed by atoms with E-state index in [2.05, 4.69) is 37.1 Å². The Morgan fingerprint density at radius 2 is 2.33 bits per heavy atom. The monoisotopic (exact) mass is 210 g/mol. The highest BCUT2D eigenvalue weighted by molar-refractivity contribution is 5.03. The second-order valence-electron chi connectivity index (χ2n) is 4.87. The first-order valence-corrected chi connectivity index (χ1v) is 6.31. The van der Waals surface area contributed by atoms with E-state index in [1.807, 2.05) is 0 Å². The van der Waals surface area contributed by atoms with Crippen LogP contribution >= 0.6 is 0 Å². The van der Waals surface area contributed by atoms with E-state index in [4.69, 9.17) is 0 Å². The van der Waals surface area contributed by atoms with Gasteiger partial charge >= 0.3 is 0 Å². The zero-order valence-electron chi connectivity index (χ0n) is 10.6. The summed E-state index contributed by atoms with van der Waals surface area (Å²) in [4.78, 5) is 2.56. The average molecular weight is 210 g/mol. The lowest BCUT2D eigenvalue weighted by molar-refractivity contribution is 0.250. The Balaban J connectivity index is 2.12. The molecule has 0 aliphatic carbocycles. The third-order valence-electron chi connectivity index (χ3n) is 3.01. The van der Waals surface area contributed by atoms with E-state index in [1.165, 1.54) is 25.9 Å². The van der Waals surface area contributed by atoms with E-state index in [9.17, 15) is 0 Å². The van der Waals surface area contributed by atoms with E-state index in [0.717, 1.165) is 25.6 Å². The van der Waals surface area contributed by atoms with Crippen molar-refractivity contribution in [1.29, 1.82) is 0 Å². The minimum atomic E-state index is 0.767. The van der Waals surface area contributed by atoms with Gasteiger partial charge in [0.2, 0.25) is 0 Å². The van der Waals surface area contributed by atoms with Gasteiger partial charge in [-0.25, -0.2) is 0 Å². The summed E-state index contributed by atoms with van der Waals surface area (Å²) < 4.78 is 0. The van der Waals surface area contributed by atoms with Crippen LogP contribution in [0, 0.1) is 5.92 Å². The Morgan fingerprint density at radius 1 is 1.53 bits per heavy atom. The Kier molecular flexibility index (Phi) is 5.96. The first kappa shape index (κ1) is 12.7. The largest absolute Gasteiger partial charge is 0.316 e. The quantitative estimate of drug-likeness (QED) is 0.534. The van der Waals surface area contributed by atoms with Gasteiger partial charge in [-0.1, -0.05) is 25.5 Å². The lowest BCUT2D eigenvalue weighted by Gasteiger charge is -2.28. The van der Waals surface area contributed by atoms with Crippen LogP contribution < -0.4 is 5.32 Å². The Bertz CT molecular complexity index is 199. The molecule has 0 bridgehead atoms. The zero-order valence-corrected chi connectivity index (χ0v) is 10.6. The second kappa shape index (κ2) is 7.02. The fourth-order valence-corrected chi connectivity index (χ4v) is 2.01. The topological polar surface area (TPSA) is 15.3 Å². The zero-order chi connectivity index (χ0) is 11.1. The maximum absolute atomic E-state index is 3.49. The summed E-state index contributed by atoms with van der Waals surface area (Å²) in [5, 5.41) is 3.49. The molecule has 1 unspecified atom stereocenters. The first-order valence-electron chi connectivity index (χ1n) is 6.31. The summed E-state index contributed by atoms with van der Waals surface area (Å²) in [5.41, 5.74) is 1.56. The minimum absolute atomic E-state index is 0.767. The molecule has 1 N–H and O–H groups in total. The van der Waals surface area contributed by atoms with Crippen molar-refractivity contribution in [3.05, 3.63) is 11.6 Å². The van der Waals surface area contributed by atoms with Crippen LogP contribution in [-0.4, -0.2) is 37.6 Å². The third-order valence-corrected chi connectivity index (χ3v) is 3.01. The van der Waals surface area contributed by atoms with E-state index in [0.29, 0.717) is 0 Å². The van der Waals surface area contributed by atoms with Crippen LogP contribution in [0.15, 0.2) is 11.6 Å². The highest BCUT2D eigenvalue weighted by Crippen LogP contribution is 2.10. The van der Waals surface area contributed by atoms with Gasteiger partial charge in [0.15, 0.2) is 0 Å². The van der Waals surface area contributed by atoms with Gasteiger partial charge in [0.25, 0.3) is 0 Å². The van der Waals surface area contributed by atoms with Gasteiger partial charge < -0.3 is 5.32 Å². The molecule has 0 spiro atoms. The molecule has 1 aliphatic heterocycles. The fourth-order valence-electron chi connectivity index (χ4n) is 2.01. The number of hydrogen-bond donors (Lipinski definition) is 1. The van der Waals surface area contributed by atoms with E-state index in [1.54, 1.807) is 5.57 Å². The van der Waals surface area contributed by atoms with Gasteiger partial charge in [0, 0.05) is 19.6 Å². The second-order valence-corrected chi connectivity index (χ2v) is 4.87. The molecule has 0 aromatic rings. The summed E-state index contributed by atoms with van der Waals surface area (Å²) in [7, 11) is 0. The molecule has 0 aromatic carbocycles. The van der Waals surface area contributed by atoms with Crippen LogP contribution in [0.25, 0.3) is 0 Å². The summed E-state index contributed by atoms with van der Waals surface area (Å²) in [5.74, 6) is 0.767. The van der Waals surface area contributed by atoms with Crippen molar-refractivity contribution in [2.75, 3.05) is 32.7 Å². The molecule has 2 nitrogen and oxygen atoms in total. The smallest absolute Gasteiger partial charge is 0.0165 e. The van der Waals surface area contributed by atoms with Crippen LogP contribution in [-0.2, 0) is 0 Å². The Morgan fingerprint density at radius 3 is 2.93 bits per heavy atom. The number of hydrogen-bond acceptors (Lipinski definition) is 2. The van der Waals surface area contributed by atoms with Gasteiger partial charge in [-0.3, -0.25) is 4.90 Å². The molecular formula is C13H26N2. The van der Waals surface area contributed by atoms with Crippen LogP contribution in [0.3, 0.4) is 0 Å². The summed E-state index contributed by atoms with van der Waals surface area (Å²) in [6.45, 7) is 12.8. The molecule has 0 amide bonds. The van der Waals surface area contributed by atoms with Crippen molar-refractivity contribution in [3.8, 4) is 0 Å². The Hall–Kier alpha value is -0.340. The van der Waals surface area contributed by atoms with E-state index in [-0.39, 0.29) is 0 Å². The SMILES string of the molecule is CCCNCC(C)CN1CC=C(C)CC1. The molecule has 1 heterocycles. The van der Waals surface area contributed by atoms with Gasteiger partial charge in [0.1, 0.15) is 0 Å². The lowest BCUT2D eigenvalue weighted by Crippen LogP contribution is -2.36. The first-order chi connectivity index (χ1) is 7.22. The molecule has 1 rings (SSSR count). The molecule has 0 fully saturated rings. The lowest BCUT2D eigenvalue weighted by atomic mass is 10.1. The predicted molar refractivity (Wildman–Crippen MR) is 67.1 cm³/mol. The maximum atomic E-state index is 3.49. The molecule has 15 heavy (non-hydrogen) atoms. The number of nitrogens with zero attached hydrogens (tertiary/aromatic N) is 1. The third kappa shape index (κ3) is 5.33. The van der Waals surface area contributed by atoms with Crippen molar-refractivity contribution < 1.29 is 0 Å². The highest BCUT2D eigenvalue weighted by atomic mass is 15.1. The van der Waals surface area contributed by atoms with E-state index >= 15 is 0 Å². The average Bonchev–Trinajstić information content (AvgIpc) is 2.22. The Labute approximate surface area is 94.7 Å². The van der Waals surface area contributed by atoms with Gasteiger partial charge in [-0.15, -0.1) is 0 Å². The van der Waals surface area contributed by atoms with Crippen molar-refractivity contribution in [2.45, 2.75) is 33.6 Å². The summed E-state index contributed by atoms with van der Waals surface area (Å²) >= 11 is 0. The molecule has 0 saturated carbocycles. The fraction of sp³-hybridized carbons (Fsp3) is 0.846. The van der Waals surface area contributed by atoms with Crippen LogP contribution in [0.4, 0.5) is 0 Å². The van der Waals surface area contributed by atoms with Crippen LogP contribution in [0.1, 0.15) is 33.6 Å². The summed E-state index contributed by atoms with van der Waals surface area (Å²) in [6, 6.07) is 0. The minimum Gasteiger partial charge on any atom is -0.316 e. The molecule has 0 saturated heterocycles. The van der Waals surface area contributed by atoms with Crippen LogP contribution in [0.2, 0.25) is 0 Å². The maximum Gasteiger partial charge on any atom is 0.0165 e. The van der Waals surface area contributed by atoms with Crippen molar-refractivity contribution in [2.24, 2.45) is 5.92 Å². The molecule has 1 atom stereocenters. The molecule has 0 aromatic heterocycles. The van der Waals surface area contributed by atoms with Gasteiger partial charge in [-0.2, -0.15) is 0 Å². The molecule has 2 heteroatoms. The highest BCUT2D eigenvalue weighted by Gasteiger charge is 2.12. The van der Waals surface area contributed by atoms with Crippen molar-refractivity contribution in [3.63, 3.8) is 0 Å². The van der Waals surface area contributed by atoms with E-state index < -0.39 is 0 Å². The summed E-state index contributed by atoms with van der Waals surface area (Å²) in [6.07, 6.45) is 4.86. The number of rotatable bonds is 6. The van der Waals surface area contributed by atoms with Crippen molar-refractivity contribution >= 4 is 0 Å². The van der Waals surface area contributed by atoms with Gasteiger partial charge in [-0.05, 0) is 38.8 Å². The molecule has 88 valence electrons. The number of nitrogens with one attached hydrogen (secondary N) is 1. The van der Waals surface area contributed by atoms with Crippen molar-refractivity contribution in [1.82, 2.24) is 10.2 Å². The molecule has 0 radical (unpaired) electrons. The van der Waals surface area contributed by atoms with Crippen LogP contribution in [0.5, 0.6) is 0 Å². The normalized spacial score (nSPS) is 20.1. The molecule has 1 aliphatic rings. The predicted octanol–water partition coefficient (Wildman–Crippen LogP) is 2.27. The molecular weight excluding hydrogens is 184 g/mol. The van der Waals surface area contributed by atoms with Gasteiger partial charge in [0.05, 0.1) is 0 Å².